The Balaban J connectivity index is 1.74. The second-order valence-electron chi connectivity index (χ2n) is 9.89. The molecule has 0 aromatic heterocycles. The molecule has 112 valence electrons. The molecule has 0 aromatic carbocycles. The summed E-state index contributed by atoms with van der Waals surface area (Å²) in [7, 11) is 0. The largest absolute Gasteiger partial charge is 0.116 e. The third kappa shape index (κ3) is 1.37. The first-order chi connectivity index (χ1) is 9.31. The van der Waals surface area contributed by atoms with Gasteiger partial charge in [-0.25, -0.2) is 0 Å². The summed E-state index contributed by atoms with van der Waals surface area (Å²) in [6.45, 7) is 12.9. The van der Waals surface area contributed by atoms with E-state index in [0.29, 0.717) is 16.2 Å². The van der Waals surface area contributed by atoms with Crippen molar-refractivity contribution < 1.29 is 0 Å². The Bertz CT molecular complexity index is 410. The molecule has 20 heavy (non-hydrogen) atoms. The first-order valence-corrected chi connectivity index (χ1v) is 9.17. The average Bonchev–Trinajstić information content (AvgIpc) is 3.00. The van der Waals surface area contributed by atoms with E-state index in [0.717, 1.165) is 23.7 Å². The highest BCUT2D eigenvalue weighted by atomic mass is 14.7. The van der Waals surface area contributed by atoms with Crippen molar-refractivity contribution in [3.8, 4) is 0 Å². The van der Waals surface area contributed by atoms with Gasteiger partial charge in [-0.3, -0.25) is 0 Å². The molecule has 0 aromatic rings. The summed E-state index contributed by atoms with van der Waals surface area (Å²) in [4.78, 5) is 0. The number of hydrogen-bond acceptors (Lipinski definition) is 0. The molecule has 4 fully saturated rings. The molecule has 0 heterocycles. The van der Waals surface area contributed by atoms with Crippen LogP contribution in [0.2, 0.25) is 0 Å². The van der Waals surface area contributed by atoms with E-state index in [1.165, 1.54) is 44.9 Å². The molecule has 0 radical (unpaired) electrons. The van der Waals surface area contributed by atoms with Crippen molar-refractivity contribution in [2.75, 3.05) is 0 Å². The lowest BCUT2D eigenvalue weighted by atomic mass is 9.64. The topological polar surface area (TPSA) is 0 Å². The van der Waals surface area contributed by atoms with Gasteiger partial charge in [-0.15, -0.1) is 0 Å². The van der Waals surface area contributed by atoms with Crippen LogP contribution < -0.4 is 0 Å². The average molecular weight is 273 g/mol. The molecule has 4 aliphatic carbocycles. The summed E-state index contributed by atoms with van der Waals surface area (Å²) in [5.41, 5.74) is 1.91. The van der Waals surface area contributed by atoms with Crippen LogP contribution in [0.25, 0.3) is 0 Å². The fourth-order valence-corrected chi connectivity index (χ4v) is 7.89. The zero-order valence-corrected chi connectivity index (χ0v) is 14.3. The highest BCUT2D eigenvalue weighted by molar-refractivity contribution is 5.30. The quantitative estimate of drug-likeness (QED) is 0.484. The molecule has 0 bridgehead atoms. The minimum atomic E-state index is 0.595. The van der Waals surface area contributed by atoms with Crippen LogP contribution in [0.1, 0.15) is 79.6 Å². The SMILES string of the molecule is C[C@@H]1CC[C@@H](C)C12CC[C@@H]1[C+]2C[C@@]2(C)CCC(C)(C)[C@@H]12. The smallest absolute Gasteiger partial charge is 0.0594 e. The van der Waals surface area contributed by atoms with Crippen LogP contribution in [0, 0.1) is 45.8 Å². The van der Waals surface area contributed by atoms with Crippen LogP contribution in [0.4, 0.5) is 0 Å². The van der Waals surface area contributed by atoms with E-state index in [1.54, 1.807) is 0 Å². The predicted octanol–water partition coefficient (Wildman–Crippen LogP) is 5.87. The lowest BCUT2D eigenvalue weighted by Crippen LogP contribution is -2.34. The Morgan fingerprint density at radius 2 is 1.50 bits per heavy atom. The third-order valence-electron chi connectivity index (χ3n) is 8.64. The summed E-state index contributed by atoms with van der Waals surface area (Å²) in [5, 5.41) is 0. The summed E-state index contributed by atoms with van der Waals surface area (Å²) >= 11 is 0. The van der Waals surface area contributed by atoms with Gasteiger partial charge in [0.15, 0.2) is 0 Å². The molecule has 4 saturated carbocycles. The zero-order chi connectivity index (χ0) is 14.3. The van der Waals surface area contributed by atoms with Gasteiger partial charge < -0.3 is 0 Å². The second kappa shape index (κ2) is 3.79. The standard InChI is InChI=1S/C20H33/c1-13-6-7-14(2)20(13)9-8-15-16(20)12-19(5)11-10-18(3,4)17(15)19/h13-15,17H,6-12H2,1-5H3/q+1/t13-,14-,15-,17-,19-/m1/s1. The van der Waals surface area contributed by atoms with Crippen molar-refractivity contribution in [2.45, 2.75) is 79.6 Å². The van der Waals surface area contributed by atoms with Gasteiger partial charge in [0.1, 0.15) is 17.3 Å². The lowest BCUT2D eigenvalue weighted by molar-refractivity contribution is 0.131. The Kier molecular flexibility index (Phi) is 2.56. The molecule has 0 heteroatoms. The van der Waals surface area contributed by atoms with E-state index in [1.807, 2.05) is 0 Å². The number of hydrogen-bond donors (Lipinski definition) is 0. The zero-order valence-electron chi connectivity index (χ0n) is 14.3. The van der Waals surface area contributed by atoms with Crippen molar-refractivity contribution in [1.29, 1.82) is 0 Å². The van der Waals surface area contributed by atoms with Crippen LogP contribution in [0.15, 0.2) is 0 Å². The molecule has 0 nitrogen and oxygen atoms in total. The van der Waals surface area contributed by atoms with Gasteiger partial charge in [0.05, 0.1) is 6.42 Å². The Labute approximate surface area is 126 Å². The van der Waals surface area contributed by atoms with Gasteiger partial charge in [-0.2, -0.15) is 0 Å². The first-order valence-electron chi connectivity index (χ1n) is 9.17. The monoisotopic (exact) mass is 273 g/mol. The Hall–Kier alpha value is -0.130. The van der Waals surface area contributed by atoms with Crippen molar-refractivity contribution in [1.82, 2.24) is 0 Å². The fourth-order valence-electron chi connectivity index (χ4n) is 7.89. The molecule has 0 amide bonds. The molecule has 0 saturated heterocycles. The van der Waals surface area contributed by atoms with E-state index >= 15 is 0 Å². The van der Waals surface area contributed by atoms with Gasteiger partial charge in [0.2, 0.25) is 0 Å². The van der Waals surface area contributed by atoms with Gasteiger partial charge in [0, 0.05) is 23.2 Å². The van der Waals surface area contributed by atoms with Crippen LogP contribution in [-0.4, -0.2) is 0 Å². The van der Waals surface area contributed by atoms with Gasteiger partial charge in [0.25, 0.3) is 0 Å². The number of rotatable bonds is 0. The summed E-state index contributed by atoms with van der Waals surface area (Å²) in [5.74, 6) is 5.96. The first kappa shape index (κ1) is 13.5. The molecular formula is C20H33+. The summed E-state index contributed by atoms with van der Waals surface area (Å²) < 4.78 is 0. The molecule has 5 atom stereocenters. The molecule has 0 unspecified atom stereocenters. The van der Waals surface area contributed by atoms with Crippen LogP contribution >= 0.6 is 0 Å². The molecule has 0 N–H and O–H groups in total. The maximum Gasteiger partial charge on any atom is 0.116 e. The highest BCUT2D eigenvalue weighted by Crippen LogP contribution is 2.76. The Morgan fingerprint density at radius 1 is 0.850 bits per heavy atom. The van der Waals surface area contributed by atoms with E-state index in [9.17, 15) is 0 Å². The van der Waals surface area contributed by atoms with Crippen molar-refractivity contribution in [3.05, 3.63) is 5.92 Å². The molecule has 4 aliphatic rings. The maximum absolute atomic E-state index is 2.63. The second-order valence-corrected chi connectivity index (χ2v) is 9.89. The van der Waals surface area contributed by atoms with Crippen LogP contribution in [0.5, 0.6) is 0 Å². The van der Waals surface area contributed by atoms with E-state index in [-0.39, 0.29) is 0 Å². The number of fused-ring (bicyclic) bond motifs is 4. The van der Waals surface area contributed by atoms with E-state index in [2.05, 4.69) is 40.5 Å². The van der Waals surface area contributed by atoms with Crippen LogP contribution in [0.3, 0.4) is 0 Å². The van der Waals surface area contributed by atoms with Gasteiger partial charge in [-0.05, 0) is 43.9 Å². The summed E-state index contributed by atoms with van der Waals surface area (Å²) in [6, 6.07) is 0. The fraction of sp³-hybridized carbons (Fsp3) is 0.950. The third-order valence-corrected chi connectivity index (χ3v) is 8.64. The Morgan fingerprint density at radius 3 is 2.15 bits per heavy atom. The predicted molar refractivity (Wildman–Crippen MR) is 85.2 cm³/mol. The lowest BCUT2D eigenvalue weighted by Gasteiger charge is -2.32. The molecule has 0 aliphatic heterocycles. The van der Waals surface area contributed by atoms with Crippen molar-refractivity contribution >= 4 is 0 Å². The minimum absolute atomic E-state index is 0.595. The van der Waals surface area contributed by atoms with Crippen LogP contribution in [-0.2, 0) is 0 Å². The van der Waals surface area contributed by atoms with Gasteiger partial charge >= 0.3 is 0 Å². The molecule has 1 spiro atoms. The van der Waals surface area contributed by atoms with Crippen molar-refractivity contribution in [3.63, 3.8) is 0 Å². The molecular weight excluding hydrogens is 240 g/mol. The normalized spacial score (nSPS) is 51.8. The molecule has 4 rings (SSSR count). The highest BCUT2D eigenvalue weighted by Gasteiger charge is 2.75. The van der Waals surface area contributed by atoms with E-state index < -0.39 is 0 Å². The minimum Gasteiger partial charge on any atom is -0.0594 e. The maximum atomic E-state index is 2.63. The summed E-state index contributed by atoms with van der Waals surface area (Å²) in [6.07, 6.45) is 10.5. The van der Waals surface area contributed by atoms with E-state index in [4.69, 9.17) is 0 Å². The van der Waals surface area contributed by atoms with Crippen molar-refractivity contribution in [2.24, 2.45) is 39.9 Å². The van der Waals surface area contributed by atoms with Gasteiger partial charge in [-0.1, -0.05) is 34.6 Å².